The van der Waals surface area contributed by atoms with Crippen molar-refractivity contribution < 1.29 is 4.79 Å². The molecule has 0 saturated carbocycles. The molecule has 3 heterocycles. The molecule has 1 N–H and O–H groups in total. The Morgan fingerprint density at radius 3 is 2.92 bits per heavy atom. The number of rotatable bonds is 3. The van der Waals surface area contributed by atoms with Crippen molar-refractivity contribution in [3.8, 4) is 0 Å². The molecule has 0 saturated heterocycles. The number of aryl methyl sites for hydroxylation is 1. The van der Waals surface area contributed by atoms with Crippen molar-refractivity contribution in [1.29, 1.82) is 0 Å². The summed E-state index contributed by atoms with van der Waals surface area (Å²) in [4.78, 5) is 25.1. The number of hydrogen-bond donors (Lipinski definition) is 1. The second kappa shape index (κ2) is 6.49. The standard InChI is InChI=1S/C19H16N4OS/c1-13-7-8-15-16(11-20-17(15)21-13)18(24)22-19-23(9-10-25-19)12-14-5-3-2-4-6-14/h2-11H,12H2,1H3,(H,20,21). The number of H-pyrrole nitrogens is 1. The summed E-state index contributed by atoms with van der Waals surface area (Å²) in [6.45, 7) is 2.61. The zero-order chi connectivity index (χ0) is 17.2. The smallest absolute Gasteiger partial charge is 0.281 e. The molecule has 0 aliphatic rings. The Bertz CT molecular complexity index is 1110. The highest BCUT2D eigenvalue weighted by molar-refractivity contribution is 7.07. The third kappa shape index (κ3) is 3.16. The Morgan fingerprint density at radius 1 is 1.24 bits per heavy atom. The number of pyridine rings is 1. The number of thiazole rings is 1. The van der Waals surface area contributed by atoms with Crippen LogP contribution in [0.4, 0.5) is 0 Å². The largest absolute Gasteiger partial charge is 0.345 e. The van der Waals surface area contributed by atoms with E-state index in [0.29, 0.717) is 22.6 Å². The van der Waals surface area contributed by atoms with Crippen LogP contribution in [-0.4, -0.2) is 20.4 Å². The average molecular weight is 348 g/mol. The van der Waals surface area contributed by atoms with Gasteiger partial charge in [0.25, 0.3) is 5.91 Å². The lowest BCUT2D eigenvalue weighted by Gasteiger charge is -2.02. The quantitative estimate of drug-likeness (QED) is 0.616. The molecule has 0 atom stereocenters. The summed E-state index contributed by atoms with van der Waals surface area (Å²) in [6.07, 6.45) is 3.63. The van der Waals surface area contributed by atoms with Crippen LogP contribution in [0.3, 0.4) is 0 Å². The van der Waals surface area contributed by atoms with E-state index in [1.165, 1.54) is 16.9 Å². The van der Waals surface area contributed by atoms with Crippen LogP contribution in [0.15, 0.2) is 65.2 Å². The third-order valence-corrected chi connectivity index (χ3v) is 4.76. The first kappa shape index (κ1) is 15.5. The molecule has 124 valence electrons. The molecule has 4 aromatic rings. The van der Waals surface area contributed by atoms with Crippen molar-refractivity contribution in [2.45, 2.75) is 13.5 Å². The van der Waals surface area contributed by atoms with E-state index in [4.69, 9.17) is 0 Å². The average Bonchev–Trinajstić information content (AvgIpc) is 3.22. The lowest BCUT2D eigenvalue weighted by atomic mass is 10.2. The highest BCUT2D eigenvalue weighted by Gasteiger charge is 2.12. The Labute approximate surface area is 148 Å². The van der Waals surface area contributed by atoms with E-state index < -0.39 is 0 Å². The maximum atomic E-state index is 12.7. The number of carbonyl (C=O) groups is 1. The summed E-state index contributed by atoms with van der Waals surface area (Å²) >= 11 is 1.45. The van der Waals surface area contributed by atoms with Crippen LogP contribution in [0.25, 0.3) is 11.0 Å². The monoisotopic (exact) mass is 348 g/mol. The van der Waals surface area contributed by atoms with Crippen LogP contribution in [0, 0.1) is 6.92 Å². The van der Waals surface area contributed by atoms with Gasteiger partial charge in [-0.1, -0.05) is 30.3 Å². The highest BCUT2D eigenvalue weighted by atomic mass is 32.1. The van der Waals surface area contributed by atoms with Gasteiger partial charge in [-0.3, -0.25) is 4.79 Å². The van der Waals surface area contributed by atoms with Crippen LogP contribution < -0.4 is 4.80 Å². The molecule has 25 heavy (non-hydrogen) atoms. The Hall–Kier alpha value is -2.99. The van der Waals surface area contributed by atoms with E-state index in [-0.39, 0.29) is 5.91 Å². The number of aromatic nitrogens is 3. The fourth-order valence-electron chi connectivity index (χ4n) is 2.71. The lowest BCUT2D eigenvalue weighted by Crippen LogP contribution is -2.17. The van der Waals surface area contributed by atoms with Crippen molar-refractivity contribution in [2.24, 2.45) is 4.99 Å². The molecule has 1 aromatic carbocycles. The third-order valence-electron chi connectivity index (χ3n) is 3.96. The summed E-state index contributed by atoms with van der Waals surface area (Å²) in [5.74, 6) is -0.263. The van der Waals surface area contributed by atoms with Gasteiger partial charge < -0.3 is 9.55 Å². The first-order valence-corrected chi connectivity index (χ1v) is 8.80. The van der Waals surface area contributed by atoms with Gasteiger partial charge in [0.05, 0.1) is 5.56 Å². The van der Waals surface area contributed by atoms with Gasteiger partial charge in [-0.15, -0.1) is 11.3 Å². The van der Waals surface area contributed by atoms with Crippen LogP contribution in [-0.2, 0) is 6.54 Å². The number of aromatic amines is 1. The number of benzene rings is 1. The van der Waals surface area contributed by atoms with Crippen LogP contribution in [0.1, 0.15) is 21.6 Å². The molecule has 1 amide bonds. The van der Waals surface area contributed by atoms with E-state index in [2.05, 4.69) is 27.1 Å². The second-order valence-electron chi connectivity index (χ2n) is 5.77. The van der Waals surface area contributed by atoms with Gasteiger partial charge in [-0.25, -0.2) is 4.98 Å². The van der Waals surface area contributed by atoms with Crippen molar-refractivity contribution in [2.75, 3.05) is 0 Å². The Balaban J connectivity index is 1.69. The van der Waals surface area contributed by atoms with Crippen molar-refractivity contribution in [1.82, 2.24) is 14.5 Å². The van der Waals surface area contributed by atoms with Crippen LogP contribution in [0.5, 0.6) is 0 Å². The van der Waals surface area contributed by atoms with E-state index in [1.54, 1.807) is 6.20 Å². The number of nitrogens with zero attached hydrogens (tertiary/aromatic N) is 3. The first-order valence-electron chi connectivity index (χ1n) is 7.92. The minimum atomic E-state index is -0.263. The summed E-state index contributed by atoms with van der Waals surface area (Å²) in [7, 11) is 0. The van der Waals surface area contributed by atoms with Crippen LogP contribution >= 0.6 is 11.3 Å². The number of carbonyl (C=O) groups excluding carboxylic acids is 1. The van der Waals surface area contributed by atoms with Gasteiger partial charge in [0, 0.05) is 35.4 Å². The molecule has 0 unspecified atom stereocenters. The molecule has 0 spiro atoms. The van der Waals surface area contributed by atoms with Gasteiger partial charge in [-0.05, 0) is 24.6 Å². The van der Waals surface area contributed by atoms with Crippen molar-refractivity contribution in [3.05, 3.63) is 81.9 Å². The Kier molecular flexibility index (Phi) is 4.03. The van der Waals surface area contributed by atoms with Gasteiger partial charge in [0.1, 0.15) is 5.65 Å². The first-order chi connectivity index (χ1) is 12.2. The summed E-state index contributed by atoms with van der Waals surface area (Å²) in [5, 5.41) is 2.74. The molecule has 0 aliphatic carbocycles. The highest BCUT2D eigenvalue weighted by Crippen LogP contribution is 2.17. The Morgan fingerprint density at radius 2 is 2.08 bits per heavy atom. The molecule has 6 heteroatoms. The zero-order valence-electron chi connectivity index (χ0n) is 13.6. The number of nitrogens with one attached hydrogen (secondary N) is 1. The molecular formula is C19H16N4OS. The van der Waals surface area contributed by atoms with Gasteiger partial charge >= 0.3 is 0 Å². The fourth-order valence-corrected chi connectivity index (χ4v) is 3.44. The molecule has 5 nitrogen and oxygen atoms in total. The summed E-state index contributed by atoms with van der Waals surface area (Å²) in [5.41, 5.74) is 3.33. The minimum absolute atomic E-state index is 0.263. The second-order valence-corrected chi connectivity index (χ2v) is 6.64. The van der Waals surface area contributed by atoms with E-state index in [1.807, 2.05) is 53.4 Å². The van der Waals surface area contributed by atoms with E-state index in [0.717, 1.165) is 11.1 Å². The molecule has 0 radical (unpaired) electrons. The minimum Gasteiger partial charge on any atom is -0.345 e. The van der Waals surface area contributed by atoms with Crippen LogP contribution in [0.2, 0.25) is 0 Å². The topological polar surface area (TPSA) is 63.0 Å². The van der Waals surface area contributed by atoms with Crippen molar-refractivity contribution in [3.63, 3.8) is 0 Å². The molecule has 0 bridgehead atoms. The summed E-state index contributed by atoms with van der Waals surface area (Å²) < 4.78 is 1.98. The number of hydrogen-bond acceptors (Lipinski definition) is 3. The molecular weight excluding hydrogens is 332 g/mol. The maximum absolute atomic E-state index is 12.7. The predicted octanol–water partition coefficient (Wildman–Crippen LogP) is 3.52. The van der Waals surface area contributed by atoms with Crippen molar-refractivity contribution >= 4 is 28.3 Å². The SMILES string of the molecule is Cc1ccc2c(C(=O)N=c3sccn3Cc3ccccc3)c[nH]c2n1. The number of amides is 1. The number of fused-ring (bicyclic) bond motifs is 1. The van der Waals surface area contributed by atoms with E-state index in [9.17, 15) is 4.79 Å². The van der Waals surface area contributed by atoms with Gasteiger partial charge in [0.15, 0.2) is 4.80 Å². The zero-order valence-corrected chi connectivity index (χ0v) is 14.5. The maximum Gasteiger partial charge on any atom is 0.281 e. The summed E-state index contributed by atoms with van der Waals surface area (Å²) in [6, 6.07) is 13.9. The van der Waals surface area contributed by atoms with Gasteiger partial charge in [0.2, 0.25) is 0 Å². The molecule has 0 fully saturated rings. The fraction of sp³-hybridized carbons (Fsp3) is 0.105. The van der Waals surface area contributed by atoms with E-state index >= 15 is 0 Å². The van der Waals surface area contributed by atoms with Gasteiger partial charge in [-0.2, -0.15) is 4.99 Å². The lowest BCUT2D eigenvalue weighted by molar-refractivity contribution is 0.0999. The predicted molar refractivity (Wildman–Crippen MR) is 98.6 cm³/mol. The normalized spacial score (nSPS) is 12.0. The molecule has 0 aliphatic heterocycles. The molecule has 4 rings (SSSR count). The molecule has 3 aromatic heterocycles.